The number of para-hydroxylation sites is 1. The summed E-state index contributed by atoms with van der Waals surface area (Å²) in [5, 5.41) is 31.0. The minimum atomic E-state index is -0.586. The van der Waals surface area contributed by atoms with Crippen LogP contribution >= 0.6 is 11.3 Å². The van der Waals surface area contributed by atoms with E-state index < -0.39 is 5.41 Å². The molecule has 8 heteroatoms. The van der Waals surface area contributed by atoms with E-state index in [9.17, 15) is 0 Å². The van der Waals surface area contributed by atoms with Crippen molar-refractivity contribution in [2.75, 3.05) is 0 Å². The van der Waals surface area contributed by atoms with E-state index in [1.54, 1.807) is 0 Å². The van der Waals surface area contributed by atoms with Crippen LogP contribution in [-0.2, 0) is 5.41 Å². The number of aromatic nitrogens is 6. The molecule has 31 aromatic rings. The van der Waals surface area contributed by atoms with Gasteiger partial charge in [0.2, 0.25) is 0 Å². The predicted octanol–water partition coefficient (Wildman–Crippen LogP) is 37.3. The highest BCUT2D eigenvalue weighted by Gasteiger charge is 2.47. The molecule has 7 nitrogen and oxygen atoms in total. The topological polar surface area (TPSA) is 90.5 Å². The molecule has 0 saturated heterocycles. The van der Waals surface area contributed by atoms with Crippen LogP contribution in [0.25, 0.3) is 305 Å². The molecule has 0 bridgehead atoms. The lowest BCUT2D eigenvalue weighted by Gasteiger charge is -2.34. The normalized spacial score (nSPS) is 12.7. The third-order valence-electron chi connectivity index (χ3n) is 31.9. The second-order valence-electron chi connectivity index (χ2n) is 39.6. The van der Waals surface area contributed by atoms with Crippen molar-refractivity contribution in [2.45, 2.75) is 5.41 Å². The van der Waals surface area contributed by atoms with Gasteiger partial charge in [-0.25, -0.2) is 15.0 Å². The van der Waals surface area contributed by atoms with E-state index in [2.05, 4.69) is 437 Å². The summed E-state index contributed by atoms with van der Waals surface area (Å²) < 4.78 is 9.43. The molecule has 0 fully saturated rings. The number of thiophene rings is 1. The Hall–Kier alpha value is -19.1. The molecule has 0 atom stereocenters. The van der Waals surface area contributed by atoms with Gasteiger partial charge in [0.15, 0.2) is 0 Å². The highest BCUT2D eigenvalue weighted by molar-refractivity contribution is 7.26. The van der Waals surface area contributed by atoms with Gasteiger partial charge in [-0.2, -0.15) is 0 Å². The van der Waals surface area contributed by atoms with Crippen LogP contribution < -0.4 is 0 Å². The first-order valence-electron chi connectivity index (χ1n) is 50.3. The molecule has 0 unspecified atom stereocenters. The Labute approximate surface area is 845 Å². The quantitative estimate of drug-likeness (QED) is 0.0995. The Kier molecular flexibility index (Phi) is 17.4. The van der Waals surface area contributed by atoms with Crippen molar-refractivity contribution in [3.63, 3.8) is 0 Å². The maximum absolute atomic E-state index is 6.84. The Bertz CT molecular complexity index is 11200. The molecule has 0 radical (unpaired) electrons. The van der Waals surface area contributed by atoms with E-state index in [1.807, 2.05) is 48.1 Å². The first kappa shape index (κ1) is 81.6. The average molecular weight is 1880 g/mol. The lowest BCUT2D eigenvalue weighted by molar-refractivity contribution is 0.672. The number of rotatable bonds is 10. The Balaban J connectivity index is 0.650. The van der Waals surface area contributed by atoms with Crippen LogP contribution in [-0.4, -0.2) is 29.9 Å². The summed E-state index contributed by atoms with van der Waals surface area (Å²) in [7, 11) is 0. The zero-order valence-electron chi connectivity index (χ0n) is 79.0. The fraction of sp³-hybridized carbons (Fsp3) is 0.00719. The van der Waals surface area contributed by atoms with E-state index in [1.165, 1.54) is 75.1 Å². The van der Waals surface area contributed by atoms with Crippen LogP contribution in [0.1, 0.15) is 22.3 Å². The molecule has 0 amide bonds. The van der Waals surface area contributed by atoms with Crippen molar-refractivity contribution in [1.82, 2.24) is 29.9 Å². The van der Waals surface area contributed by atoms with E-state index in [-0.39, 0.29) is 0 Å². The van der Waals surface area contributed by atoms with Gasteiger partial charge in [-0.1, -0.05) is 315 Å². The largest absolute Gasteiger partial charge is 0.455 e. The fourth-order valence-electron chi connectivity index (χ4n) is 25.1. The monoisotopic (exact) mass is 1880 g/mol. The Morgan fingerprint density at radius 2 is 0.578 bits per heavy atom. The highest BCUT2D eigenvalue weighted by atomic mass is 32.1. The maximum atomic E-state index is 6.84. The molecule has 8 heterocycles. The molecule has 32 rings (SSSR count). The maximum Gasteiger partial charge on any atom is 0.143 e. The van der Waals surface area contributed by atoms with E-state index in [0.29, 0.717) is 0 Å². The predicted molar refractivity (Wildman–Crippen MR) is 617 cm³/mol. The number of fused-ring (bicyclic) bond motifs is 30. The first-order valence-corrected chi connectivity index (χ1v) is 51.1. The highest BCUT2D eigenvalue weighted by Crippen LogP contribution is 2.60. The van der Waals surface area contributed by atoms with E-state index in [4.69, 9.17) is 34.3 Å². The molecule has 1 aliphatic carbocycles. The van der Waals surface area contributed by atoms with Crippen LogP contribution in [0.3, 0.4) is 0 Å². The minimum absolute atomic E-state index is 0.586. The summed E-state index contributed by atoms with van der Waals surface area (Å²) in [4.78, 5) is 32.7. The third-order valence-corrected chi connectivity index (χ3v) is 33.1. The van der Waals surface area contributed by atoms with Gasteiger partial charge in [-0.3, -0.25) is 15.0 Å². The van der Waals surface area contributed by atoms with Gasteiger partial charge < -0.3 is 4.42 Å². The number of furan rings is 1. The van der Waals surface area contributed by atoms with Crippen molar-refractivity contribution in [3.05, 3.63) is 496 Å². The summed E-state index contributed by atoms with van der Waals surface area (Å²) in [5.74, 6) is 0. The zero-order valence-corrected chi connectivity index (χ0v) is 79.8. The summed E-state index contributed by atoms with van der Waals surface area (Å²) >= 11 is 1.88. The standard InChI is InChI=1S/C139H78N6OS/c1-3-23-99(24-4-1)139(100-25-5-2-6-26-100)122-30-12-9-27-105(122)109-55-46-90-66-89(43-52-102(90)130(109)139)101-58-59-106(123-60-49-82-36-33-79-20-15-63-140-131(79)134(82)143-123)117-75-97-69-95(41-39-87(97)72-116(101)117)115-77-112(93-44-53-103-91(67-93)47-56-110-107-28-10-13-31-126(107)146-137(103)110)119-73-88-40-42-96(70-98(88)76-121(119)129(115)125-62-51-84-38-35-81-22-17-65-142-133(81)136(84)145-125)114-78-113(94-45-54-104-92(68-94)48-57-111-108-29-11-14-32-127(108)147-138(104)111)118-71-85-18-7-8-19-86(85)74-120(118)128(114)124-61-50-83-37-34-80-21-16-64-141-132(80)135(83)144-124/h1-78H. The van der Waals surface area contributed by atoms with Crippen LogP contribution in [0.15, 0.2) is 478 Å². The molecular weight excluding hydrogens is 1800 g/mol. The minimum Gasteiger partial charge on any atom is -0.455 e. The van der Waals surface area contributed by atoms with Gasteiger partial charge in [-0.05, 0) is 320 Å². The van der Waals surface area contributed by atoms with Gasteiger partial charge in [0.25, 0.3) is 0 Å². The molecule has 676 valence electrons. The van der Waals surface area contributed by atoms with Crippen molar-refractivity contribution >= 4 is 216 Å². The van der Waals surface area contributed by atoms with Crippen molar-refractivity contribution in [1.29, 1.82) is 0 Å². The summed E-state index contributed by atoms with van der Waals surface area (Å²) in [6, 6.07) is 170. The molecular formula is C139H78N6OS. The lowest BCUT2D eigenvalue weighted by atomic mass is 9.66. The van der Waals surface area contributed by atoms with Crippen LogP contribution in [0.4, 0.5) is 0 Å². The summed E-state index contributed by atoms with van der Waals surface area (Å²) in [5.41, 5.74) is 30.2. The summed E-state index contributed by atoms with van der Waals surface area (Å²) in [6.07, 6.45) is 5.65. The second-order valence-corrected chi connectivity index (χ2v) is 40.7. The van der Waals surface area contributed by atoms with Crippen LogP contribution in [0.5, 0.6) is 0 Å². The van der Waals surface area contributed by atoms with Gasteiger partial charge in [0.1, 0.15) is 11.2 Å². The lowest BCUT2D eigenvalue weighted by Crippen LogP contribution is -2.28. The van der Waals surface area contributed by atoms with Crippen molar-refractivity contribution in [2.24, 2.45) is 0 Å². The summed E-state index contributed by atoms with van der Waals surface area (Å²) in [6.45, 7) is 0. The number of nitrogens with zero attached hydrogens (tertiary/aromatic N) is 6. The number of hydrogen-bond donors (Lipinski definition) is 0. The van der Waals surface area contributed by atoms with E-state index >= 15 is 0 Å². The molecule has 1 aliphatic rings. The SMILES string of the molecule is c1ccc(C2(c3ccccc3)c3ccccc3-c3ccc4cc(-c5ccc(-c6ccc7ccc8cccnc8c7n6)c6cc7cc(-c8cc(-c9ccc%10c(ccc%11c%12ccccc%12oc%10%11)c9)c9cc%10ccc(-c%11cc(-c%12ccc%13c(ccc%14c%15ccccc%15sc%13%14)c%12)c%12cc%13ccccc%13cc%12c%11-c%11ccc%12ccc%13cccnc%13c%12n%11)cc%10cc9c8-c8ccc9ccc%10cccnc%10c9n8)ccc7cc56)ccc4c32)cc1. The van der Waals surface area contributed by atoms with Crippen LogP contribution in [0, 0.1) is 0 Å². The smallest absolute Gasteiger partial charge is 0.143 e. The molecule has 0 saturated carbocycles. The van der Waals surface area contributed by atoms with Gasteiger partial charge in [0.05, 0.1) is 55.6 Å². The molecule has 0 N–H and O–H groups in total. The van der Waals surface area contributed by atoms with Gasteiger partial charge >= 0.3 is 0 Å². The van der Waals surface area contributed by atoms with Crippen molar-refractivity contribution < 1.29 is 4.42 Å². The number of hydrogen-bond acceptors (Lipinski definition) is 8. The number of pyridine rings is 6. The van der Waals surface area contributed by atoms with Crippen molar-refractivity contribution in [3.8, 4) is 101 Å². The number of benzene rings is 23. The molecule has 0 aliphatic heterocycles. The zero-order chi connectivity index (χ0) is 96.0. The second kappa shape index (κ2) is 31.4. The molecule has 0 spiro atoms. The van der Waals surface area contributed by atoms with Crippen LogP contribution in [0.2, 0.25) is 0 Å². The average Bonchev–Trinajstić information content (AvgIpc) is 1.53. The third kappa shape index (κ3) is 12.3. The molecule has 23 aromatic carbocycles. The fourth-order valence-corrected chi connectivity index (χ4v) is 26.3. The van der Waals surface area contributed by atoms with Gasteiger partial charge in [0, 0.05) is 104 Å². The Morgan fingerprint density at radius 3 is 1.18 bits per heavy atom. The van der Waals surface area contributed by atoms with E-state index in [0.717, 1.165) is 252 Å². The molecule has 8 aromatic heterocycles. The first-order chi connectivity index (χ1) is 72.8. The molecule has 147 heavy (non-hydrogen) atoms. The van der Waals surface area contributed by atoms with Gasteiger partial charge in [-0.15, -0.1) is 11.3 Å². The Morgan fingerprint density at radius 1 is 0.197 bits per heavy atom.